The molecule has 0 saturated carbocycles. The van der Waals surface area contributed by atoms with Crippen LogP contribution in [-0.2, 0) is 6.42 Å². The van der Waals surface area contributed by atoms with Gasteiger partial charge in [-0.25, -0.2) is 0 Å². The third-order valence-electron chi connectivity index (χ3n) is 3.28. The van der Waals surface area contributed by atoms with Crippen molar-refractivity contribution in [2.45, 2.75) is 26.4 Å². The number of benzene rings is 1. The summed E-state index contributed by atoms with van der Waals surface area (Å²) in [5.74, 6) is 0.782. The van der Waals surface area contributed by atoms with E-state index in [9.17, 15) is 5.11 Å². The number of aromatic nitrogens is 1. The van der Waals surface area contributed by atoms with E-state index in [1.54, 1.807) is 7.11 Å². The topological polar surface area (TPSA) is 42.4 Å². The molecule has 0 saturated heterocycles. The Labute approximate surface area is 127 Å². The van der Waals surface area contributed by atoms with Gasteiger partial charge in [0.15, 0.2) is 0 Å². The Morgan fingerprint density at radius 2 is 2.00 bits per heavy atom. The number of pyridine rings is 1. The molecular formula is C16H18BrNO2. The van der Waals surface area contributed by atoms with Gasteiger partial charge in [0.05, 0.1) is 13.2 Å². The molecule has 1 unspecified atom stereocenters. The van der Waals surface area contributed by atoms with Crippen molar-refractivity contribution >= 4 is 15.9 Å². The van der Waals surface area contributed by atoms with Crippen molar-refractivity contribution in [1.29, 1.82) is 0 Å². The highest BCUT2D eigenvalue weighted by atomic mass is 79.9. The van der Waals surface area contributed by atoms with Crippen LogP contribution in [0.4, 0.5) is 0 Å². The minimum absolute atomic E-state index is 0.494. The summed E-state index contributed by atoms with van der Waals surface area (Å²) in [7, 11) is 1.64. The first-order chi connectivity index (χ1) is 9.51. The fourth-order valence-corrected chi connectivity index (χ4v) is 2.68. The predicted molar refractivity (Wildman–Crippen MR) is 83.1 cm³/mol. The number of aliphatic hydroxyl groups is 1. The minimum atomic E-state index is -0.591. The van der Waals surface area contributed by atoms with E-state index in [1.807, 2.05) is 44.2 Å². The van der Waals surface area contributed by atoms with E-state index >= 15 is 0 Å². The lowest BCUT2D eigenvalue weighted by Crippen LogP contribution is -2.06. The van der Waals surface area contributed by atoms with Crippen LogP contribution in [0.1, 0.15) is 28.6 Å². The summed E-state index contributed by atoms with van der Waals surface area (Å²) in [4.78, 5) is 4.40. The van der Waals surface area contributed by atoms with E-state index < -0.39 is 6.10 Å². The molecule has 3 nitrogen and oxygen atoms in total. The van der Waals surface area contributed by atoms with Crippen LogP contribution in [0.3, 0.4) is 0 Å². The summed E-state index contributed by atoms with van der Waals surface area (Å²) in [6, 6.07) is 9.65. The van der Waals surface area contributed by atoms with Crippen molar-refractivity contribution in [3.05, 3.63) is 57.3 Å². The highest BCUT2D eigenvalue weighted by molar-refractivity contribution is 9.10. The Morgan fingerprint density at radius 3 is 2.65 bits per heavy atom. The summed E-state index contributed by atoms with van der Waals surface area (Å²) in [5.41, 5.74) is 3.65. The molecule has 2 rings (SSSR count). The van der Waals surface area contributed by atoms with Gasteiger partial charge >= 0.3 is 0 Å². The summed E-state index contributed by atoms with van der Waals surface area (Å²) >= 11 is 3.45. The molecule has 1 N–H and O–H groups in total. The molecular weight excluding hydrogens is 318 g/mol. The zero-order valence-electron chi connectivity index (χ0n) is 11.9. The van der Waals surface area contributed by atoms with E-state index in [0.717, 1.165) is 32.7 Å². The number of aliphatic hydroxyl groups excluding tert-OH is 1. The maximum Gasteiger partial charge on any atom is 0.122 e. The Balaban J connectivity index is 2.27. The van der Waals surface area contributed by atoms with E-state index in [1.165, 1.54) is 0 Å². The molecule has 0 amide bonds. The SMILES string of the molecule is COc1ccc(Br)cc1CC(O)c1ccc(C)nc1C. The van der Waals surface area contributed by atoms with Crippen LogP contribution in [-0.4, -0.2) is 17.2 Å². The maximum atomic E-state index is 10.4. The van der Waals surface area contributed by atoms with Gasteiger partial charge in [-0.3, -0.25) is 4.98 Å². The first kappa shape index (κ1) is 15.0. The van der Waals surface area contributed by atoms with Gasteiger partial charge < -0.3 is 9.84 Å². The highest BCUT2D eigenvalue weighted by Gasteiger charge is 2.15. The van der Waals surface area contributed by atoms with Gasteiger partial charge in [-0.05, 0) is 43.7 Å². The number of hydrogen-bond donors (Lipinski definition) is 1. The molecule has 4 heteroatoms. The number of halogens is 1. The van der Waals surface area contributed by atoms with Crippen molar-refractivity contribution in [3.63, 3.8) is 0 Å². The summed E-state index contributed by atoms with van der Waals surface area (Å²) in [5, 5.41) is 10.4. The van der Waals surface area contributed by atoms with Crippen LogP contribution in [0.5, 0.6) is 5.75 Å². The van der Waals surface area contributed by atoms with E-state index in [0.29, 0.717) is 6.42 Å². The summed E-state index contributed by atoms with van der Waals surface area (Å²) < 4.78 is 6.31. The summed E-state index contributed by atoms with van der Waals surface area (Å²) in [6.07, 6.45) is -0.0971. The zero-order valence-corrected chi connectivity index (χ0v) is 13.4. The lowest BCUT2D eigenvalue weighted by molar-refractivity contribution is 0.176. The van der Waals surface area contributed by atoms with Crippen LogP contribution < -0.4 is 4.74 Å². The number of nitrogens with zero attached hydrogens (tertiary/aromatic N) is 1. The molecule has 1 aromatic carbocycles. The molecule has 0 aliphatic carbocycles. The molecule has 106 valence electrons. The van der Waals surface area contributed by atoms with Crippen LogP contribution >= 0.6 is 15.9 Å². The number of methoxy groups -OCH3 is 1. The summed E-state index contributed by atoms with van der Waals surface area (Å²) in [6.45, 7) is 3.87. The van der Waals surface area contributed by atoms with Gasteiger partial charge in [0, 0.05) is 27.8 Å². The Bertz CT molecular complexity index is 613. The molecule has 0 spiro atoms. The number of aryl methyl sites for hydroxylation is 2. The second kappa shape index (κ2) is 6.37. The van der Waals surface area contributed by atoms with Crippen LogP contribution in [0.15, 0.2) is 34.8 Å². The van der Waals surface area contributed by atoms with Gasteiger partial charge in [-0.15, -0.1) is 0 Å². The lowest BCUT2D eigenvalue weighted by Gasteiger charge is -2.16. The average molecular weight is 336 g/mol. The Hall–Kier alpha value is -1.39. The first-order valence-electron chi connectivity index (χ1n) is 6.46. The largest absolute Gasteiger partial charge is 0.496 e. The molecule has 0 bridgehead atoms. The minimum Gasteiger partial charge on any atom is -0.496 e. The van der Waals surface area contributed by atoms with Crippen molar-refractivity contribution in [2.75, 3.05) is 7.11 Å². The van der Waals surface area contributed by atoms with E-state index in [4.69, 9.17) is 4.74 Å². The fraction of sp³-hybridized carbons (Fsp3) is 0.312. The highest BCUT2D eigenvalue weighted by Crippen LogP contribution is 2.28. The van der Waals surface area contributed by atoms with Crippen molar-refractivity contribution in [3.8, 4) is 5.75 Å². The normalized spacial score (nSPS) is 12.2. The van der Waals surface area contributed by atoms with Gasteiger partial charge in [-0.2, -0.15) is 0 Å². The zero-order chi connectivity index (χ0) is 14.7. The number of rotatable bonds is 4. The average Bonchev–Trinajstić information content (AvgIpc) is 2.38. The molecule has 1 aromatic heterocycles. The van der Waals surface area contributed by atoms with Crippen molar-refractivity contribution in [1.82, 2.24) is 4.98 Å². The van der Waals surface area contributed by atoms with Crippen molar-refractivity contribution in [2.24, 2.45) is 0 Å². The fourth-order valence-electron chi connectivity index (χ4n) is 2.27. The second-order valence-corrected chi connectivity index (χ2v) is 5.72. The molecule has 0 radical (unpaired) electrons. The second-order valence-electron chi connectivity index (χ2n) is 4.80. The number of hydrogen-bond acceptors (Lipinski definition) is 3. The first-order valence-corrected chi connectivity index (χ1v) is 7.25. The van der Waals surface area contributed by atoms with Crippen molar-refractivity contribution < 1.29 is 9.84 Å². The molecule has 0 fully saturated rings. The molecule has 1 heterocycles. The van der Waals surface area contributed by atoms with Gasteiger partial charge in [0.25, 0.3) is 0 Å². The molecule has 0 aliphatic rings. The number of ether oxygens (including phenoxy) is 1. The van der Waals surface area contributed by atoms with E-state index in [-0.39, 0.29) is 0 Å². The smallest absolute Gasteiger partial charge is 0.122 e. The van der Waals surface area contributed by atoms with Crippen LogP contribution in [0, 0.1) is 13.8 Å². The maximum absolute atomic E-state index is 10.4. The van der Waals surface area contributed by atoms with Gasteiger partial charge in [0.1, 0.15) is 5.75 Å². The molecule has 20 heavy (non-hydrogen) atoms. The van der Waals surface area contributed by atoms with Crippen LogP contribution in [0.2, 0.25) is 0 Å². The van der Waals surface area contributed by atoms with Gasteiger partial charge in [-0.1, -0.05) is 22.0 Å². The third-order valence-corrected chi connectivity index (χ3v) is 3.77. The Morgan fingerprint density at radius 1 is 1.25 bits per heavy atom. The lowest BCUT2D eigenvalue weighted by atomic mass is 9.99. The van der Waals surface area contributed by atoms with Crippen LogP contribution in [0.25, 0.3) is 0 Å². The predicted octanol–water partition coefficient (Wildman–Crippen LogP) is 3.75. The van der Waals surface area contributed by atoms with E-state index in [2.05, 4.69) is 20.9 Å². The standard InChI is InChI=1S/C16H18BrNO2/c1-10-4-6-14(11(2)18-10)15(19)9-12-8-13(17)5-7-16(12)20-3/h4-8,15,19H,9H2,1-3H3. The van der Waals surface area contributed by atoms with Gasteiger partial charge in [0.2, 0.25) is 0 Å². The monoisotopic (exact) mass is 335 g/mol. The Kier molecular flexibility index (Phi) is 4.78. The molecule has 1 atom stereocenters. The molecule has 2 aromatic rings. The molecule has 0 aliphatic heterocycles. The quantitative estimate of drug-likeness (QED) is 0.925. The third kappa shape index (κ3) is 3.38.